The number of nitrogens with zero attached hydrogens (tertiary/aromatic N) is 3. The second-order valence-corrected chi connectivity index (χ2v) is 4.02. The van der Waals surface area contributed by atoms with Gasteiger partial charge in [-0.25, -0.2) is 0 Å². The Balaban J connectivity index is -0.000000101. The molecule has 0 heterocycles. The SMILES string of the molecule is CN(C)C.CN(C)C.CN(C)C. The summed E-state index contributed by atoms with van der Waals surface area (Å²) in [4.78, 5) is 6.00. The Morgan fingerprint density at radius 3 is 0.333 bits per heavy atom. The summed E-state index contributed by atoms with van der Waals surface area (Å²) in [6, 6.07) is 0. The van der Waals surface area contributed by atoms with Gasteiger partial charge in [-0.3, -0.25) is 0 Å². The predicted octanol–water partition coefficient (Wildman–Crippen LogP) is 0.533. The van der Waals surface area contributed by atoms with E-state index in [4.69, 9.17) is 0 Å². The van der Waals surface area contributed by atoms with Crippen LogP contribution in [0.15, 0.2) is 0 Å². The van der Waals surface area contributed by atoms with Gasteiger partial charge in [0.15, 0.2) is 0 Å². The van der Waals surface area contributed by atoms with Gasteiger partial charge >= 0.3 is 0 Å². The van der Waals surface area contributed by atoms with Crippen LogP contribution in [0, 0.1) is 0 Å². The van der Waals surface area contributed by atoms with Crippen molar-refractivity contribution in [2.75, 3.05) is 63.4 Å². The van der Waals surface area contributed by atoms with Crippen molar-refractivity contribution in [2.24, 2.45) is 0 Å². The fourth-order valence-corrected chi connectivity index (χ4v) is 0. The van der Waals surface area contributed by atoms with Crippen LogP contribution in [0.3, 0.4) is 0 Å². The Morgan fingerprint density at radius 1 is 0.333 bits per heavy atom. The van der Waals surface area contributed by atoms with Crippen LogP contribution in [-0.4, -0.2) is 78.1 Å². The first-order chi connectivity index (χ1) is 5.20. The molecular weight excluding hydrogens is 150 g/mol. The molecule has 3 nitrogen and oxygen atoms in total. The average molecular weight is 177 g/mol. The standard InChI is InChI=1S/3C3H9N/c3*1-4(2)3/h3*1-3H3. The van der Waals surface area contributed by atoms with Gasteiger partial charge in [0.1, 0.15) is 0 Å². The minimum atomic E-state index is 2.00. The summed E-state index contributed by atoms with van der Waals surface area (Å²) in [5.74, 6) is 0. The lowest BCUT2D eigenvalue weighted by atomic mass is 11.0. The van der Waals surface area contributed by atoms with Crippen molar-refractivity contribution < 1.29 is 0 Å². The van der Waals surface area contributed by atoms with Gasteiger partial charge in [-0.15, -0.1) is 0 Å². The second kappa shape index (κ2) is 13.5. The lowest BCUT2D eigenvalue weighted by molar-refractivity contribution is 0.505. The summed E-state index contributed by atoms with van der Waals surface area (Å²) in [6.45, 7) is 0. The van der Waals surface area contributed by atoms with Gasteiger partial charge < -0.3 is 14.7 Å². The summed E-state index contributed by atoms with van der Waals surface area (Å²) in [7, 11) is 18.0. The minimum Gasteiger partial charge on any atom is -0.312 e. The predicted molar refractivity (Wildman–Crippen MR) is 58.8 cm³/mol. The first-order valence-electron chi connectivity index (χ1n) is 4.02. The molecule has 0 radical (unpaired) electrons. The van der Waals surface area contributed by atoms with Crippen molar-refractivity contribution in [2.45, 2.75) is 0 Å². The Bertz CT molecular complexity index is 38.3. The molecule has 0 amide bonds. The maximum atomic E-state index is 2.00. The number of hydrogen-bond acceptors (Lipinski definition) is 3. The zero-order valence-corrected chi connectivity index (χ0v) is 10.3. The molecular formula is C9H27N3. The minimum absolute atomic E-state index is 2.00. The molecule has 0 aliphatic heterocycles. The smallest absolute Gasteiger partial charge is 0.0140 e. The maximum absolute atomic E-state index is 2.00. The Kier molecular flexibility index (Phi) is 20.0. The average Bonchev–Trinajstić information content (AvgIpc) is 1.54. The van der Waals surface area contributed by atoms with Gasteiger partial charge in [-0.1, -0.05) is 0 Å². The van der Waals surface area contributed by atoms with Crippen molar-refractivity contribution in [3.8, 4) is 0 Å². The molecule has 0 bridgehead atoms. The monoisotopic (exact) mass is 177 g/mol. The van der Waals surface area contributed by atoms with E-state index in [0.717, 1.165) is 0 Å². The van der Waals surface area contributed by atoms with E-state index in [1.54, 1.807) is 0 Å². The fraction of sp³-hybridized carbons (Fsp3) is 1.00. The van der Waals surface area contributed by atoms with E-state index in [0.29, 0.717) is 0 Å². The molecule has 0 aromatic rings. The molecule has 0 fully saturated rings. The van der Waals surface area contributed by atoms with Gasteiger partial charge in [0.2, 0.25) is 0 Å². The zero-order chi connectivity index (χ0) is 10.7. The molecule has 0 atom stereocenters. The molecule has 0 aliphatic carbocycles. The summed E-state index contributed by atoms with van der Waals surface area (Å²) in [5.41, 5.74) is 0. The zero-order valence-electron chi connectivity index (χ0n) is 10.3. The van der Waals surface area contributed by atoms with Crippen LogP contribution in [0.25, 0.3) is 0 Å². The van der Waals surface area contributed by atoms with Crippen molar-refractivity contribution >= 4 is 0 Å². The third-order valence-corrected chi connectivity index (χ3v) is 0. The van der Waals surface area contributed by atoms with E-state index in [9.17, 15) is 0 Å². The number of hydrogen-bond donors (Lipinski definition) is 0. The van der Waals surface area contributed by atoms with Gasteiger partial charge in [-0.05, 0) is 63.4 Å². The van der Waals surface area contributed by atoms with Gasteiger partial charge in [0, 0.05) is 0 Å². The fourth-order valence-electron chi connectivity index (χ4n) is 0. The summed E-state index contributed by atoms with van der Waals surface area (Å²) < 4.78 is 0. The molecule has 12 heavy (non-hydrogen) atoms. The Hall–Kier alpha value is -0.120. The van der Waals surface area contributed by atoms with Crippen LogP contribution in [0.5, 0.6) is 0 Å². The molecule has 0 rings (SSSR count). The first-order valence-corrected chi connectivity index (χ1v) is 4.02. The second-order valence-electron chi connectivity index (χ2n) is 4.02. The third kappa shape index (κ3) is 54100. The molecule has 3 heteroatoms. The molecule has 0 saturated heterocycles. The third-order valence-electron chi connectivity index (χ3n) is 0. The molecule has 78 valence electrons. The molecule has 0 aliphatic rings. The first kappa shape index (κ1) is 17.8. The number of rotatable bonds is 0. The summed E-state index contributed by atoms with van der Waals surface area (Å²) in [6.07, 6.45) is 0. The van der Waals surface area contributed by atoms with E-state index in [-0.39, 0.29) is 0 Å². The van der Waals surface area contributed by atoms with Crippen LogP contribution in [0.1, 0.15) is 0 Å². The van der Waals surface area contributed by atoms with Crippen LogP contribution in [-0.2, 0) is 0 Å². The quantitative estimate of drug-likeness (QED) is 0.534. The lowest BCUT2D eigenvalue weighted by Gasteiger charge is -1.90. The highest BCUT2D eigenvalue weighted by Crippen LogP contribution is 1.48. The molecule has 0 spiro atoms. The molecule has 0 aromatic heterocycles. The van der Waals surface area contributed by atoms with Crippen LogP contribution in [0.2, 0.25) is 0 Å². The summed E-state index contributed by atoms with van der Waals surface area (Å²) in [5, 5.41) is 0. The van der Waals surface area contributed by atoms with E-state index in [2.05, 4.69) is 0 Å². The Morgan fingerprint density at radius 2 is 0.333 bits per heavy atom. The Labute approximate surface area is 78.9 Å². The van der Waals surface area contributed by atoms with E-state index in [1.165, 1.54) is 0 Å². The molecule has 0 N–H and O–H groups in total. The normalized spacial score (nSPS) is 9.00. The van der Waals surface area contributed by atoms with Crippen LogP contribution < -0.4 is 0 Å². The highest BCUT2D eigenvalue weighted by molar-refractivity contribution is 4.10. The van der Waals surface area contributed by atoms with Crippen molar-refractivity contribution in [1.82, 2.24) is 14.7 Å². The highest BCUT2D eigenvalue weighted by atomic mass is 15.0. The van der Waals surface area contributed by atoms with Crippen molar-refractivity contribution in [3.63, 3.8) is 0 Å². The van der Waals surface area contributed by atoms with Gasteiger partial charge in [0.05, 0.1) is 0 Å². The van der Waals surface area contributed by atoms with Gasteiger partial charge in [0.25, 0.3) is 0 Å². The van der Waals surface area contributed by atoms with Gasteiger partial charge in [-0.2, -0.15) is 0 Å². The van der Waals surface area contributed by atoms with Crippen LogP contribution >= 0.6 is 0 Å². The molecule has 0 unspecified atom stereocenters. The maximum Gasteiger partial charge on any atom is -0.0140 e. The van der Waals surface area contributed by atoms with Crippen molar-refractivity contribution in [3.05, 3.63) is 0 Å². The van der Waals surface area contributed by atoms with E-state index >= 15 is 0 Å². The largest absolute Gasteiger partial charge is 0.312 e. The topological polar surface area (TPSA) is 9.72 Å². The van der Waals surface area contributed by atoms with Crippen LogP contribution in [0.4, 0.5) is 0 Å². The molecule has 0 saturated carbocycles. The van der Waals surface area contributed by atoms with Crippen molar-refractivity contribution in [1.29, 1.82) is 0 Å². The molecule has 0 aromatic carbocycles. The van der Waals surface area contributed by atoms with E-state index < -0.39 is 0 Å². The highest BCUT2D eigenvalue weighted by Gasteiger charge is 1.58. The van der Waals surface area contributed by atoms with E-state index in [1.807, 2.05) is 78.1 Å². The lowest BCUT2D eigenvalue weighted by Crippen LogP contribution is -1.99. The summed E-state index contributed by atoms with van der Waals surface area (Å²) >= 11 is 0.